The van der Waals surface area contributed by atoms with E-state index in [1.54, 1.807) is 0 Å². The number of carbonyl (C=O) groups excluding carboxylic acids is 1. The van der Waals surface area contributed by atoms with Crippen molar-refractivity contribution in [1.29, 1.82) is 0 Å². The van der Waals surface area contributed by atoms with Crippen molar-refractivity contribution in [2.45, 2.75) is 37.9 Å². The third kappa shape index (κ3) is 2.50. The van der Waals surface area contributed by atoms with Crippen molar-refractivity contribution in [3.8, 4) is 0 Å². The quantitative estimate of drug-likeness (QED) is 0.698. The second kappa shape index (κ2) is 4.53. The molecule has 0 heterocycles. The Kier molecular flexibility index (Phi) is 3.76. The molecule has 7 heteroatoms. The van der Waals surface area contributed by atoms with Gasteiger partial charge in [-0.2, -0.15) is 0 Å². The lowest BCUT2D eigenvalue weighted by Crippen LogP contribution is -2.54. The van der Waals surface area contributed by atoms with E-state index in [4.69, 9.17) is 5.11 Å². The number of amides is 1. The molecule has 6 nitrogen and oxygen atoms in total. The lowest BCUT2D eigenvalue weighted by atomic mass is 9.68. The van der Waals surface area contributed by atoms with Crippen LogP contribution in [-0.2, 0) is 19.4 Å². The van der Waals surface area contributed by atoms with Crippen LogP contribution < -0.4 is 5.32 Å². The first-order chi connectivity index (χ1) is 8.03. The summed E-state index contributed by atoms with van der Waals surface area (Å²) in [6.45, 7) is 2.91. The minimum atomic E-state index is -3.31. The van der Waals surface area contributed by atoms with Gasteiger partial charge in [0, 0.05) is 12.8 Å². The van der Waals surface area contributed by atoms with Gasteiger partial charge in [-0.25, -0.2) is 8.42 Å². The Morgan fingerprint density at radius 3 is 2.11 bits per heavy atom. The fourth-order valence-electron chi connectivity index (χ4n) is 1.66. The van der Waals surface area contributed by atoms with Crippen LogP contribution in [-0.4, -0.2) is 42.9 Å². The molecule has 1 aliphatic rings. The number of carboxylic acid groups (broad SMARTS) is 1. The van der Waals surface area contributed by atoms with Crippen molar-refractivity contribution in [2.24, 2.45) is 5.41 Å². The number of aliphatic carboxylic acids is 1. The molecule has 2 N–H and O–H groups in total. The first-order valence-electron chi connectivity index (χ1n) is 5.74. The van der Waals surface area contributed by atoms with Crippen LogP contribution in [0.1, 0.15) is 33.1 Å². The van der Waals surface area contributed by atoms with Crippen LogP contribution in [0.25, 0.3) is 0 Å². The van der Waals surface area contributed by atoms with Crippen molar-refractivity contribution in [1.82, 2.24) is 5.32 Å². The van der Waals surface area contributed by atoms with Crippen molar-refractivity contribution in [3.63, 3.8) is 0 Å². The average Bonchev–Trinajstić information content (AvgIpc) is 2.10. The van der Waals surface area contributed by atoms with Gasteiger partial charge in [0.05, 0.1) is 4.75 Å². The highest BCUT2D eigenvalue weighted by Crippen LogP contribution is 2.41. The molecule has 1 fully saturated rings. The maximum atomic E-state index is 11.9. The molecule has 1 saturated carbocycles. The normalized spacial score (nSPS) is 18.8. The van der Waals surface area contributed by atoms with Crippen LogP contribution in [0.3, 0.4) is 0 Å². The van der Waals surface area contributed by atoms with E-state index in [-0.39, 0.29) is 6.54 Å². The molecule has 0 bridgehead atoms. The summed E-state index contributed by atoms with van der Waals surface area (Å²) in [5.41, 5.74) is -1.35. The molecular formula is C11H19NO5S. The molecule has 0 aromatic rings. The van der Waals surface area contributed by atoms with E-state index in [0.29, 0.717) is 19.3 Å². The molecule has 0 radical (unpaired) electrons. The minimum absolute atomic E-state index is 0.0836. The van der Waals surface area contributed by atoms with E-state index < -0.39 is 31.9 Å². The topological polar surface area (TPSA) is 101 Å². The molecular weight excluding hydrogens is 258 g/mol. The second-order valence-corrected chi connectivity index (χ2v) is 8.10. The Labute approximate surface area is 107 Å². The van der Waals surface area contributed by atoms with Crippen LogP contribution in [0.2, 0.25) is 0 Å². The lowest BCUT2D eigenvalue weighted by Gasteiger charge is -2.36. The number of hydrogen-bond acceptors (Lipinski definition) is 4. The van der Waals surface area contributed by atoms with Gasteiger partial charge in [0.15, 0.2) is 9.84 Å². The summed E-state index contributed by atoms with van der Waals surface area (Å²) in [5.74, 6) is -1.72. The van der Waals surface area contributed by atoms with Gasteiger partial charge in [0.2, 0.25) is 5.91 Å². The maximum absolute atomic E-state index is 11.9. The summed E-state index contributed by atoms with van der Waals surface area (Å²) in [6.07, 6.45) is 2.42. The predicted octanol–water partition coefficient (Wildman–Crippen LogP) is 0.181. The highest BCUT2D eigenvalue weighted by molar-refractivity contribution is 7.92. The largest absolute Gasteiger partial charge is 0.480 e. The molecule has 0 unspecified atom stereocenters. The molecule has 0 aromatic heterocycles. The molecule has 0 aromatic carbocycles. The summed E-state index contributed by atoms with van der Waals surface area (Å²) in [6, 6.07) is 0. The number of rotatable bonds is 5. The zero-order chi connectivity index (χ0) is 14.2. The fraction of sp³-hybridized carbons (Fsp3) is 0.818. The van der Waals surface area contributed by atoms with Crippen LogP contribution in [0.5, 0.6) is 0 Å². The van der Waals surface area contributed by atoms with E-state index in [0.717, 1.165) is 6.26 Å². The highest BCUT2D eigenvalue weighted by Gasteiger charge is 2.51. The van der Waals surface area contributed by atoms with E-state index in [1.165, 1.54) is 13.8 Å². The smallest absolute Gasteiger partial charge is 0.319 e. The van der Waals surface area contributed by atoms with Crippen molar-refractivity contribution >= 4 is 21.7 Å². The second-order valence-electron chi connectivity index (χ2n) is 5.46. The molecule has 0 atom stereocenters. The summed E-state index contributed by atoms with van der Waals surface area (Å²) in [4.78, 5) is 23.0. The third-order valence-electron chi connectivity index (χ3n) is 3.73. The third-order valence-corrected chi connectivity index (χ3v) is 5.88. The summed E-state index contributed by atoms with van der Waals surface area (Å²) in [7, 11) is -3.31. The Balaban J connectivity index is 2.70. The monoisotopic (exact) mass is 277 g/mol. The van der Waals surface area contributed by atoms with Gasteiger partial charge < -0.3 is 10.4 Å². The molecule has 1 amide bonds. The van der Waals surface area contributed by atoms with E-state index >= 15 is 0 Å². The molecule has 0 spiro atoms. The lowest BCUT2D eigenvalue weighted by molar-refractivity contribution is -0.162. The fourth-order valence-corrected chi connectivity index (χ4v) is 2.00. The number of carboxylic acids is 1. The minimum Gasteiger partial charge on any atom is -0.480 e. The molecule has 18 heavy (non-hydrogen) atoms. The first kappa shape index (κ1) is 14.9. The predicted molar refractivity (Wildman–Crippen MR) is 65.9 cm³/mol. The van der Waals surface area contributed by atoms with Gasteiger partial charge in [0.25, 0.3) is 0 Å². The van der Waals surface area contributed by atoms with E-state index in [2.05, 4.69) is 5.32 Å². The number of carbonyl (C=O) groups is 2. The van der Waals surface area contributed by atoms with Crippen molar-refractivity contribution in [3.05, 3.63) is 0 Å². The SMILES string of the molecule is CC(C)(CNC(=O)C1(C(=O)O)CCC1)S(C)(=O)=O. The molecule has 0 aliphatic heterocycles. The standard InChI is InChI=1S/C11H19NO5S/c1-10(2,18(3,16)17)7-12-8(13)11(9(14)15)5-4-6-11/h4-7H2,1-3H3,(H,12,13)(H,14,15). The Hall–Kier alpha value is -1.11. The van der Waals surface area contributed by atoms with Gasteiger partial charge in [0.1, 0.15) is 5.41 Å². The number of hydrogen-bond donors (Lipinski definition) is 2. The van der Waals surface area contributed by atoms with E-state index in [9.17, 15) is 18.0 Å². The van der Waals surface area contributed by atoms with Gasteiger partial charge in [-0.15, -0.1) is 0 Å². The summed E-state index contributed by atoms with van der Waals surface area (Å²) in [5, 5.41) is 11.5. The maximum Gasteiger partial charge on any atom is 0.319 e. The summed E-state index contributed by atoms with van der Waals surface area (Å²) < 4.78 is 21.8. The Morgan fingerprint density at radius 1 is 1.33 bits per heavy atom. The molecule has 1 rings (SSSR count). The highest BCUT2D eigenvalue weighted by atomic mass is 32.2. The molecule has 0 saturated heterocycles. The first-order valence-corrected chi connectivity index (χ1v) is 7.63. The van der Waals surface area contributed by atoms with E-state index in [1.807, 2.05) is 0 Å². The zero-order valence-electron chi connectivity index (χ0n) is 10.8. The van der Waals surface area contributed by atoms with Gasteiger partial charge >= 0.3 is 5.97 Å². The molecule has 1 aliphatic carbocycles. The number of sulfone groups is 1. The number of nitrogens with one attached hydrogen (secondary N) is 1. The van der Waals surface area contributed by atoms with Crippen molar-refractivity contribution < 1.29 is 23.1 Å². The van der Waals surface area contributed by atoms with Crippen LogP contribution in [0.4, 0.5) is 0 Å². The van der Waals surface area contributed by atoms with Crippen LogP contribution in [0.15, 0.2) is 0 Å². The molecule has 104 valence electrons. The van der Waals surface area contributed by atoms with Crippen LogP contribution in [0, 0.1) is 5.41 Å². The van der Waals surface area contributed by atoms with Gasteiger partial charge in [-0.05, 0) is 26.7 Å². The van der Waals surface area contributed by atoms with Gasteiger partial charge in [-0.3, -0.25) is 9.59 Å². The zero-order valence-corrected chi connectivity index (χ0v) is 11.6. The van der Waals surface area contributed by atoms with Crippen LogP contribution >= 0.6 is 0 Å². The average molecular weight is 277 g/mol. The Bertz CT molecular complexity index is 462. The van der Waals surface area contributed by atoms with Crippen molar-refractivity contribution in [2.75, 3.05) is 12.8 Å². The summed E-state index contributed by atoms with van der Waals surface area (Å²) >= 11 is 0. The Morgan fingerprint density at radius 2 is 1.83 bits per heavy atom. The van der Waals surface area contributed by atoms with Gasteiger partial charge in [-0.1, -0.05) is 6.42 Å².